The van der Waals surface area contributed by atoms with Gasteiger partial charge >= 0.3 is 5.69 Å². The molecule has 0 saturated carbocycles. The second kappa shape index (κ2) is 6.20. The maximum absolute atomic E-state index is 10.9. The summed E-state index contributed by atoms with van der Waals surface area (Å²) < 4.78 is 5.59. The highest BCUT2D eigenvalue weighted by Gasteiger charge is 2.17. The first-order valence-electron chi connectivity index (χ1n) is 5.72. The Morgan fingerprint density at radius 3 is 2.76 bits per heavy atom. The van der Waals surface area contributed by atoms with E-state index >= 15 is 0 Å². The maximum atomic E-state index is 10.9. The van der Waals surface area contributed by atoms with Crippen molar-refractivity contribution in [3.8, 4) is 5.75 Å². The van der Waals surface area contributed by atoms with Crippen molar-refractivity contribution in [1.29, 1.82) is 0 Å². The molecule has 0 spiro atoms. The summed E-state index contributed by atoms with van der Waals surface area (Å²) in [7, 11) is 0. The Balaban J connectivity index is 2.96. The zero-order valence-electron chi connectivity index (χ0n) is 10.2. The molecule has 0 amide bonds. The summed E-state index contributed by atoms with van der Waals surface area (Å²) in [6.45, 7) is 4.30. The van der Waals surface area contributed by atoms with E-state index in [1.165, 1.54) is 6.07 Å². The third-order valence-corrected chi connectivity index (χ3v) is 2.48. The number of nitro benzene ring substituents is 1. The third-order valence-electron chi connectivity index (χ3n) is 2.48. The summed E-state index contributed by atoms with van der Waals surface area (Å²) in [5, 5.41) is 10.9. The lowest BCUT2D eigenvalue weighted by atomic mass is 10.2. The highest BCUT2D eigenvalue weighted by molar-refractivity contribution is 5.48. The number of rotatable bonds is 6. The second-order valence-electron chi connectivity index (χ2n) is 3.98. The molecule has 0 saturated heterocycles. The number of nitrogens with zero attached hydrogens (tertiary/aromatic N) is 1. The van der Waals surface area contributed by atoms with Crippen molar-refractivity contribution in [3.05, 3.63) is 33.9 Å². The fourth-order valence-electron chi connectivity index (χ4n) is 1.61. The van der Waals surface area contributed by atoms with Crippen molar-refractivity contribution in [3.63, 3.8) is 0 Å². The van der Waals surface area contributed by atoms with Gasteiger partial charge in [-0.15, -0.1) is 0 Å². The minimum absolute atomic E-state index is 0.00912. The van der Waals surface area contributed by atoms with E-state index in [-0.39, 0.29) is 11.8 Å². The van der Waals surface area contributed by atoms with Gasteiger partial charge in [0.25, 0.3) is 0 Å². The molecule has 0 fully saturated rings. The molecule has 1 aromatic rings. The van der Waals surface area contributed by atoms with E-state index in [4.69, 9.17) is 10.5 Å². The molecule has 1 unspecified atom stereocenters. The lowest BCUT2D eigenvalue weighted by molar-refractivity contribution is -0.386. The molecule has 0 radical (unpaired) electrons. The average Bonchev–Trinajstić information content (AvgIpc) is 2.28. The van der Waals surface area contributed by atoms with E-state index in [1.54, 1.807) is 12.1 Å². The fraction of sp³-hybridized carbons (Fsp3) is 0.500. The minimum atomic E-state index is -0.436. The fourth-order valence-corrected chi connectivity index (χ4v) is 1.61. The molecule has 1 aromatic carbocycles. The van der Waals surface area contributed by atoms with Crippen LogP contribution in [-0.2, 0) is 6.54 Å². The molecule has 0 aliphatic carbocycles. The zero-order chi connectivity index (χ0) is 12.8. The van der Waals surface area contributed by atoms with Gasteiger partial charge in [0.1, 0.15) is 0 Å². The molecule has 1 rings (SSSR count). The number of nitrogens with two attached hydrogens (primary N) is 1. The SMILES string of the molecule is CCCC(C)Oc1cc(CN)ccc1[N+](=O)[O-]. The Hall–Kier alpha value is -1.62. The molecule has 5 heteroatoms. The molecule has 0 heterocycles. The first-order chi connectivity index (χ1) is 8.08. The predicted octanol–water partition coefficient (Wildman–Crippen LogP) is 2.62. The lowest BCUT2D eigenvalue weighted by Crippen LogP contribution is -2.12. The Morgan fingerprint density at radius 2 is 2.24 bits per heavy atom. The molecule has 0 aromatic heterocycles. The number of nitro groups is 1. The Bertz CT molecular complexity index is 393. The van der Waals surface area contributed by atoms with Crippen LogP contribution in [0.2, 0.25) is 0 Å². The largest absolute Gasteiger partial charge is 0.484 e. The molecule has 2 N–H and O–H groups in total. The summed E-state index contributed by atoms with van der Waals surface area (Å²) >= 11 is 0. The number of hydrogen-bond acceptors (Lipinski definition) is 4. The molecular weight excluding hydrogens is 220 g/mol. The highest BCUT2D eigenvalue weighted by atomic mass is 16.6. The molecule has 94 valence electrons. The van der Waals surface area contributed by atoms with Crippen molar-refractivity contribution < 1.29 is 9.66 Å². The zero-order valence-corrected chi connectivity index (χ0v) is 10.2. The molecule has 0 aliphatic heterocycles. The monoisotopic (exact) mass is 238 g/mol. The number of hydrogen-bond donors (Lipinski definition) is 1. The quantitative estimate of drug-likeness (QED) is 0.610. The van der Waals surface area contributed by atoms with Crippen LogP contribution in [0.3, 0.4) is 0 Å². The van der Waals surface area contributed by atoms with Crippen LogP contribution >= 0.6 is 0 Å². The third kappa shape index (κ3) is 3.71. The smallest absolute Gasteiger partial charge is 0.310 e. The van der Waals surface area contributed by atoms with Crippen LogP contribution in [0.4, 0.5) is 5.69 Å². The maximum Gasteiger partial charge on any atom is 0.310 e. The molecule has 1 atom stereocenters. The van der Waals surface area contributed by atoms with Crippen LogP contribution in [-0.4, -0.2) is 11.0 Å². The van der Waals surface area contributed by atoms with Crippen molar-refractivity contribution in [2.75, 3.05) is 0 Å². The Labute approximate surface area is 101 Å². The van der Waals surface area contributed by atoms with Crippen LogP contribution in [0.25, 0.3) is 0 Å². The van der Waals surface area contributed by atoms with E-state index < -0.39 is 4.92 Å². The average molecular weight is 238 g/mol. The molecule has 0 aliphatic rings. The standard InChI is InChI=1S/C12H18N2O3/c1-3-4-9(2)17-12-7-10(8-13)5-6-11(12)14(15)16/h5-7,9H,3-4,8,13H2,1-2H3. The first kappa shape index (κ1) is 13.4. The van der Waals surface area contributed by atoms with Crippen LogP contribution in [0, 0.1) is 10.1 Å². The topological polar surface area (TPSA) is 78.4 Å². The van der Waals surface area contributed by atoms with Gasteiger partial charge in [-0.1, -0.05) is 19.4 Å². The van der Waals surface area contributed by atoms with Gasteiger partial charge in [-0.25, -0.2) is 0 Å². The molecule has 17 heavy (non-hydrogen) atoms. The molecule has 5 nitrogen and oxygen atoms in total. The van der Waals surface area contributed by atoms with Crippen molar-refractivity contribution in [2.45, 2.75) is 39.3 Å². The summed E-state index contributed by atoms with van der Waals surface area (Å²) in [5.41, 5.74) is 6.33. The van der Waals surface area contributed by atoms with Crippen molar-refractivity contribution in [2.24, 2.45) is 5.73 Å². The van der Waals surface area contributed by atoms with Crippen molar-refractivity contribution >= 4 is 5.69 Å². The summed E-state index contributed by atoms with van der Waals surface area (Å²) in [6, 6.07) is 4.73. The summed E-state index contributed by atoms with van der Waals surface area (Å²) in [6.07, 6.45) is 1.81. The second-order valence-corrected chi connectivity index (χ2v) is 3.98. The van der Waals surface area contributed by atoms with Crippen LogP contribution in [0.1, 0.15) is 32.3 Å². The van der Waals surface area contributed by atoms with E-state index in [2.05, 4.69) is 0 Å². The van der Waals surface area contributed by atoms with E-state index in [9.17, 15) is 10.1 Å². The highest BCUT2D eigenvalue weighted by Crippen LogP contribution is 2.29. The number of ether oxygens (including phenoxy) is 1. The van der Waals surface area contributed by atoms with Gasteiger partial charge in [-0.05, 0) is 25.0 Å². The molecular formula is C12H18N2O3. The van der Waals surface area contributed by atoms with E-state index in [1.807, 2.05) is 13.8 Å². The normalized spacial score (nSPS) is 12.2. The predicted molar refractivity (Wildman–Crippen MR) is 66.0 cm³/mol. The van der Waals surface area contributed by atoms with Gasteiger partial charge in [0, 0.05) is 12.6 Å². The van der Waals surface area contributed by atoms with Crippen LogP contribution in [0.5, 0.6) is 5.75 Å². The van der Waals surface area contributed by atoms with Gasteiger partial charge in [0.05, 0.1) is 11.0 Å². The van der Waals surface area contributed by atoms with Crippen LogP contribution in [0.15, 0.2) is 18.2 Å². The molecule has 0 bridgehead atoms. The van der Waals surface area contributed by atoms with Gasteiger partial charge in [-0.2, -0.15) is 0 Å². The summed E-state index contributed by atoms with van der Waals surface area (Å²) in [4.78, 5) is 10.4. The van der Waals surface area contributed by atoms with E-state index in [0.717, 1.165) is 18.4 Å². The Kier molecular flexibility index (Phi) is 4.90. The lowest BCUT2D eigenvalue weighted by Gasteiger charge is -2.14. The van der Waals surface area contributed by atoms with Crippen molar-refractivity contribution in [1.82, 2.24) is 0 Å². The van der Waals surface area contributed by atoms with Gasteiger partial charge < -0.3 is 10.5 Å². The van der Waals surface area contributed by atoms with Gasteiger partial charge in [0.2, 0.25) is 0 Å². The van der Waals surface area contributed by atoms with E-state index in [0.29, 0.717) is 12.3 Å². The van der Waals surface area contributed by atoms with Crippen LogP contribution < -0.4 is 10.5 Å². The number of benzene rings is 1. The van der Waals surface area contributed by atoms with Gasteiger partial charge in [0.15, 0.2) is 5.75 Å². The Morgan fingerprint density at radius 1 is 1.53 bits per heavy atom. The minimum Gasteiger partial charge on any atom is -0.484 e. The first-order valence-corrected chi connectivity index (χ1v) is 5.72. The van der Waals surface area contributed by atoms with Gasteiger partial charge in [-0.3, -0.25) is 10.1 Å². The summed E-state index contributed by atoms with van der Waals surface area (Å²) in [5.74, 6) is 0.305.